The Morgan fingerprint density at radius 3 is 2.40 bits per heavy atom. The van der Waals surface area contributed by atoms with E-state index in [-0.39, 0.29) is 5.57 Å². The van der Waals surface area contributed by atoms with Crippen molar-refractivity contribution >= 4 is 28.4 Å². The highest BCUT2D eigenvalue weighted by Crippen LogP contribution is 2.19. The predicted octanol–water partition coefficient (Wildman–Crippen LogP) is 4.94. The number of nitrogens with one attached hydrogen (secondary N) is 1. The summed E-state index contributed by atoms with van der Waals surface area (Å²) in [7, 11) is 0. The smallest absolute Gasteiger partial charge is 0.266 e. The van der Waals surface area contributed by atoms with Crippen LogP contribution in [0.2, 0.25) is 0 Å². The number of allylic oxidation sites excluding steroid dienone is 2. The van der Waals surface area contributed by atoms with Crippen molar-refractivity contribution in [2.75, 3.05) is 5.32 Å². The molecule has 1 amide bonds. The van der Waals surface area contributed by atoms with Crippen LogP contribution < -0.4 is 5.32 Å². The first-order chi connectivity index (χ1) is 12.3. The molecular formula is C22H16N2O. The van der Waals surface area contributed by atoms with E-state index in [4.69, 9.17) is 0 Å². The first kappa shape index (κ1) is 16.2. The molecule has 0 bridgehead atoms. The second-order valence-corrected chi connectivity index (χ2v) is 5.48. The van der Waals surface area contributed by atoms with E-state index in [2.05, 4.69) is 5.32 Å². The highest BCUT2D eigenvalue weighted by atomic mass is 16.1. The Morgan fingerprint density at radius 2 is 1.64 bits per heavy atom. The van der Waals surface area contributed by atoms with E-state index in [9.17, 15) is 10.1 Å². The summed E-state index contributed by atoms with van der Waals surface area (Å²) in [6, 6.07) is 25.2. The Labute approximate surface area is 146 Å². The molecule has 0 aromatic heterocycles. The Hall–Kier alpha value is -3.64. The van der Waals surface area contributed by atoms with Crippen molar-refractivity contribution in [3.8, 4) is 6.07 Å². The summed E-state index contributed by atoms with van der Waals surface area (Å²) < 4.78 is 0. The quantitative estimate of drug-likeness (QED) is 0.420. The van der Waals surface area contributed by atoms with E-state index in [0.29, 0.717) is 5.69 Å². The van der Waals surface area contributed by atoms with Crippen LogP contribution in [0, 0.1) is 11.3 Å². The first-order valence-electron chi connectivity index (χ1n) is 7.90. The number of fused-ring (bicyclic) bond motifs is 1. The fourth-order valence-electron chi connectivity index (χ4n) is 2.45. The molecule has 0 aliphatic carbocycles. The van der Waals surface area contributed by atoms with E-state index in [1.54, 1.807) is 6.08 Å². The minimum atomic E-state index is -0.421. The summed E-state index contributed by atoms with van der Waals surface area (Å²) in [6.45, 7) is 0. The fraction of sp³-hybridized carbons (Fsp3) is 0. The third kappa shape index (κ3) is 4.21. The minimum absolute atomic E-state index is 0.0559. The van der Waals surface area contributed by atoms with Gasteiger partial charge in [0, 0.05) is 5.69 Å². The number of carbonyl (C=O) groups excluding carboxylic acids is 1. The Bertz CT molecular complexity index is 995. The molecule has 0 saturated carbocycles. The first-order valence-corrected chi connectivity index (χ1v) is 7.90. The lowest BCUT2D eigenvalue weighted by Crippen LogP contribution is -2.13. The van der Waals surface area contributed by atoms with Gasteiger partial charge in [-0.05, 0) is 34.5 Å². The summed E-state index contributed by atoms with van der Waals surface area (Å²) in [6.07, 6.45) is 5.07. The fourth-order valence-corrected chi connectivity index (χ4v) is 2.45. The highest BCUT2D eigenvalue weighted by Gasteiger charge is 2.08. The maximum Gasteiger partial charge on any atom is 0.266 e. The standard InChI is InChI=1S/C22H16N2O/c23-16-20(12-6-9-17-7-2-1-3-8-17)22(25)24-21-14-13-18-10-4-5-11-19(18)15-21/h1-15H,(H,24,25)/b9-6+,20-12-. The summed E-state index contributed by atoms with van der Waals surface area (Å²) >= 11 is 0. The van der Waals surface area contributed by atoms with Crippen LogP contribution in [0.15, 0.2) is 90.5 Å². The van der Waals surface area contributed by atoms with Gasteiger partial charge in [0.25, 0.3) is 5.91 Å². The van der Waals surface area contributed by atoms with Crippen molar-refractivity contribution < 1.29 is 4.79 Å². The second kappa shape index (κ2) is 7.76. The molecule has 0 aliphatic heterocycles. The minimum Gasteiger partial charge on any atom is -0.321 e. The van der Waals surface area contributed by atoms with Gasteiger partial charge in [-0.3, -0.25) is 4.79 Å². The summed E-state index contributed by atoms with van der Waals surface area (Å²) in [5.74, 6) is -0.421. The van der Waals surface area contributed by atoms with Crippen LogP contribution in [0.4, 0.5) is 5.69 Å². The lowest BCUT2D eigenvalue weighted by Gasteiger charge is -2.05. The highest BCUT2D eigenvalue weighted by molar-refractivity contribution is 6.07. The zero-order valence-electron chi connectivity index (χ0n) is 13.5. The maximum atomic E-state index is 12.3. The van der Waals surface area contributed by atoms with Crippen molar-refractivity contribution in [3.63, 3.8) is 0 Å². The van der Waals surface area contributed by atoms with Crippen molar-refractivity contribution in [1.29, 1.82) is 5.26 Å². The number of amides is 1. The molecule has 3 nitrogen and oxygen atoms in total. The van der Waals surface area contributed by atoms with Gasteiger partial charge in [0.2, 0.25) is 0 Å². The molecule has 1 N–H and O–H groups in total. The Kier molecular flexibility index (Phi) is 5.04. The molecule has 0 atom stereocenters. The average molecular weight is 324 g/mol. The molecule has 3 heteroatoms. The van der Waals surface area contributed by atoms with E-state index in [1.165, 1.54) is 6.08 Å². The molecule has 3 aromatic carbocycles. The molecular weight excluding hydrogens is 308 g/mol. The molecule has 0 saturated heterocycles. The number of benzene rings is 3. The number of carbonyl (C=O) groups is 1. The van der Waals surface area contributed by atoms with Gasteiger partial charge in [-0.25, -0.2) is 0 Å². The molecule has 0 heterocycles. The van der Waals surface area contributed by atoms with E-state index < -0.39 is 5.91 Å². The van der Waals surface area contributed by atoms with E-state index >= 15 is 0 Å². The number of rotatable bonds is 4. The van der Waals surface area contributed by atoms with E-state index in [1.807, 2.05) is 84.9 Å². The SMILES string of the molecule is N#C/C(=C/C=C/c1ccccc1)C(=O)Nc1ccc2ccccc2c1. The lowest BCUT2D eigenvalue weighted by molar-refractivity contribution is -0.112. The lowest BCUT2D eigenvalue weighted by atomic mass is 10.1. The zero-order chi connectivity index (χ0) is 17.5. The molecule has 0 fully saturated rings. The maximum absolute atomic E-state index is 12.3. The third-order valence-corrected chi connectivity index (χ3v) is 3.72. The van der Waals surface area contributed by atoms with Crippen LogP contribution in [0.5, 0.6) is 0 Å². The molecule has 120 valence electrons. The molecule has 25 heavy (non-hydrogen) atoms. The molecule has 0 radical (unpaired) electrons. The van der Waals surface area contributed by atoms with Crippen LogP contribution >= 0.6 is 0 Å². The van der Waals surface area contributed by atoms with Crippen molar-refractivity contribution in [1.82, 2.24) is 0 Å². The molecule has 0 unspecified atom stereocenters. The van der Waals surface area contributed by atoms with Crippen LogP contribution in [-0.4, -0.2) is 5.91 Å². The van der Waals surface area contributed by atoms with Crippen LogP contribution in [0.3, 0.4) is 0 Å². The van der Waals surface area contributed by atoms with Gasteiger partial charge in [-0.1, -0.05) is 72.8 Å². The predicted molar refractivity (Wildman–Crippen MR) is 102 cm³/mol. The van der Waals surface area contributed by atoms with Crippen LogP contribution in [0.25, 0.3) is 16.8 Å². The molecule has 3 aromatic rings. The van der Waals surface area contributed by atoms with Crippen molar-refractivity contribution in [2.24, 2.45) is 0 Å². The Morgan fingerprint density at radius 1 is 0.920 bits per heavy atom. The van der Waals surface area contributed by atoms with Gasteiger partial charge < -0.3 is 5.32 Å². The van der Waals surface area contributed by atoms with Gasteiger partial charge in [0.15, 0.2) is 0 Å². The van der Waals surface area contributed by atoms with Gasteiger partial charge in [0.05, 0.1) is 0 Å². The molecule has 0 spiro atoms. The summed E-state index contributed by atoms with van der Waals surface area (Å²) in [5.41, 5.74) is 1.73. The van der Waals surface area contributed by atoms with Gasteiger partial charge in [-0.15, -0.1) is 0 Å². The van der Waals surface area contributed by atoms with Gasteiger partial charge in [0.1, 0.15) is 11.6 Å². The monoisotopic (exact) mass is 324 g/mol. The normalized spacial score (nSPS) is 11.4. The number of nitriles is 1. The topological polar surface area (TPSA) is 52.9 Å². The molecule has 0 aliphatic rings. The largest absolute Gasteiger partial charge is 0.321 e. The van der Waals surface area contributed by atoms with Crippen molar-refractivity contribution in [3.05, 3.63) is 96.1 Å². The summed E-state index contributed by atoms with van der Waals surface area (Å²) in [5, 5.41) is 14.1. The number of anilines is 1. The number of hydrogen-bond donors (Lipinski definition) is 1. The molecule has 3 rings (SSSR count). The van der Waals surface area contributed by atoms with Crippen LogP contribution in [0.1, 0.15) is 5.56 Å². The summed E-state index contributed by atoms with van der Waals surface area (Å²) in [4.78, 5) is 12.3. The zero-order valence-corrected chi connectivity index (χ0v) is 13.5. The average Bonchev–Trinajstić information content (AvgIpc) is 2.66. The van der Waals surface area contributed by atoms with Crippen molar-refractivity contribution in [2.45, 2.75) is 0 Å². The third-order valence-electron chi connectivity index (χ3n) is 3.72. The number of hydrogen-bond acceptors (Lipinski definition) is 2. The van der Waals surface area contributed by atoms with Gasteiger partial charge in [-0.2, -0.15) is 5.26 Å². The van der Waals surface area contributed by atoms with Gasteiger partial charge >= 0.3 is 0 Å². The number of nitrogens with zero attached hydrogens (tertiary/aromatic N) is 1. The van der Waals surface area contributed by atoms with E-state index in [0.717, 1.165) is 16.3 Å². The van der Waals surface area contributed by atoms with Crippen LogP contribution in [-0.2, 0) is 4.79 Å². The Balaban J connectivity index is 1.74. The second-order valence-electron chi connectivity index (χ2n) is 5.48.